The van der Waals surface area contributed by atoms with Crippen molar-refractivity contribution in [2.24, 2.45) is 0 Å². The standard InChI is InChI=1S/C23H28ClN3O.C21H22Cl2N2O.C21H21ClF2N2O/c1-4-5-18-8-6-16(13-25-18)23(2,28)15-27-21-9-7-17(24)12-19(21)20-14-26(3)11-10-22(20)27;1-21(26,14-3-5-15(22)6-4-14)13-25-19-8-7-16(23)11-17(19)18-12-24(2)10-9-20(18)25;1-21(27,13-3-5-17(23)18(24)9-13)12-26-19-6-4-14(22)10-15(19)16-11-25(2)8-7-20(16)26/h6-9,12-13,28H,4-5,10-11,14-15H2,1-3H3;3-8,11,26H,9-10,12-13H2,1-2H3;3-6,9-10,27H,7-8,11-12H2,1-2H3. The Hall–Kier alpha value is -5.35. The predicted molar refractivity (Wildman–Crippen MR) is 326 cm³/mol. The minimum absolute atomic E-state index is 0.245. The quantitative estimate of drug-likeness (QED) is 0.119. The Balaban J connectivity index is 0.000000136. The molecule has 81 heavy (non-hydrogen) atoms. The van der Waals surface area contributed by atoms with Crippen molar-refractivity contribution < 1.29 is 24.1 Å². The largest absolute Gasteiger partial charge is 0.384 e. The van der Waals surface area contributed by atoms with Gasteiger partial charge in [-0.15, -0.1) is 0 Å². The molecule has 0 saturated heterocycles. The molecule has 0 spiro atoms. The lowest BCUT2D eigenvalue weighted by atomic mass is 9.95. The highest BCUT2D eigenvalue weighted by Gasteiger charge is 2.33. The number of benzene rings is 5. The molecule has 3 aliphatic heterocycles. The average molecular weight is 1180 g/mol. The molecule has 0 radical (unpaired) electrons. The molecule has 0 saturated carbocycles. The molecule has 3 aliphatic rings. The van der Waals surface area contributed by atoms with Crippen LogP contribution >= 0.6 is 46.4 Å². The molecule has 10 nitrogen and oxygen atoms in total. The van der Waals surface area contributed by atoms with E-state index in [1.165, 1.54) is 44.9 Å². The number of halogens is 6. The van der Waals surface area contributed by atoms with Crippen molar-refractivity contribution in [1.29, 1.82) is 0 Å². The summed E-state index contributed by atoms with van der Waals surface area (Å²) in [4.78, 5) is 11.5. The highest BCUT2D eigenvalue weighted by molar-refractivity contribution is 6.32. The van der Waals surface area contributed by atoms with E-state index in [4.69, 9.17) is 46.4 Å². The molecule has 3 atom stereocenters. The number of fused-ring (bicyclic) bond motifs is 9. The third-order valence-corrected chi connectivity index (χ3v) is 17.5. The van der Waals surface area contributed by atoms with Crippen LogP contribution in [0.25, 0.3) is 32.7 Å². The zero-order valence-corrected chi connectivity index (χ0v) is 50.1. The number of likely N-dealkylation sites (N-methyl/N-ethyl adjacent to an activating group) is 3. The van der Waals surface area contributed by atoms with Crippen LogP contribution in [0.3, 0.4) is 0 Å². The van der Waals surface area contributed by atoms with Gasteiger partial charge in [-0.1, -0.05) is 84.0 Å². The van der Waals surface area contributed by atoms with Gasteiger partial charge in [-0.25, -0.2) is 8.78 Å². The Morgan fingerprint density at radius 3 is 1.22 bits per heavy atom. The smallest absolute Gasteiger partial charge is 0.159 e. The molecule has 5 aromatic carbocycles. The minimum atomic E-state index is -1.35. The van der Waals surface area contributed by atoms with Crippen LogP contribution in [0.4, 0.5) is 8.78 Å². The fourth-order valence-electron chi connectivity index (χ4n) is 12.2. The molecule has 0 aliphatic carbocycles. The Kier molecular flexibility index (Phi) is 17.2. The van der Waals surface area contributed by atoms with Crippen molar-refractivity contribution in [3.05, 3.63) is 203 Å². The molecule has 9 aromatic rings. The first-order valence-electron chi connectivity index (χ1n) is 27.8. The van der Waals surface area contributed by atoms with Crippen LogP contribution in [-0.2, 0) is 81.8 Å². The van der Waals surface area contributed by atoms with Gasteiger partial charge in [0.05, 0.1) is 19.6 Å². The van der Waals surface area contributed by atoms with Gasteiger partial charge in [0.2, 0.25) is 0 Å². The third kappa shape index (κ3) is 12.5. The van der Waals surface area contributed by atoms with Crippen molar-refractivity contribution in [1.82, 2.24) is 33.4 Å². The highest BCUT2D eigenvalue weighted by Crippen LogP contribution is 2.39. The first-order chi connectivity index (χ1) is 38.5. The summed E-state index contributed by atoms with van der Waals surface area (Å²) >= 11 is 24.8. The van der Waals surface area contributed by atoms with Gasteiger partial charge in [0.25, 0.3) is 0 Å². The first kappa shape index (κ1) is 58.8. The van der Waals surface area contributed by atoms with Crippen molar-refractivity contribution in [2.75, 3.05) is 40.8 Å². The summed E-state index contributed by atoms with van der Waals surface area (Å²) in [5, 5.41) is 40.0. The van der Waals surface area contributed by atoms with Crippen molar-refractivity contribution in [3.63, 3.8) is 0 Å². The summed E-state index contributed by atoms with van der Waals surface area (Å²) in [6.45, 7) is 14.3. The van der Waals surface area contributed by atoms with E-state index in [2.05, 4.69) is 79.7 Å². The Labute approximate surface area is 493 Å². The second-order valence-electron chi connectivity index (χ2n) is 23.2. The third-order valence-electron chi connectivity index (χ3n) is 16.6. The van der Waals surface area contributed by atoms with E-state index in [0.29, 0.717) is 28.7 Å². The molecular formula is C65H71Cl4F2N7O3. The Morgan fingerprint density at radius 1 is 0.469 bits per heavy atom. The normalized spacial score (nSPS) is 17.1. The van der Waals surface area contributed by atoms with Crippen molar-refractivity contribution in [2.45, 2.75) is 116 Å². The number of aryl methyl sites for hydroxylation is 1. The van der Waals surface area contributed by atoms with E-state index < -0.39 is 28.4 Å². The van der Waals surface area contributed by atoms with Gasteiger partial charge in [0.1, 0.15) is 16.8 Å². The summed E-state index contributed by atoms with van der Waals surface area (Å²) in [5.41, 5.74) is 10.7. The van der Waals surface area contributed by atoms with Crippen LogP contribution < -0.4 is 0 Å². The van der Waals surface area contributed by atoms with Gasteiger partial charge in [-0.2, -0.15) is 0 Å². The second-order valence-corrected chi connectivity index (χ2v) is 25.0. The molecule has 3 N–H and O–H groups in total. The monoisotopic (exact) mass is 1180 g/mol. The number of rotatable bonds is 11. The number of aliphatic hydroxyl groups is 3. The topological polar surface area (TPSA) is 98.1 Å². The molecule has 3 unspecified atom stereocenters. The minimum Gasteiger partial charge on any atom is -0.384 e. The lowest BCUT2D eigenvalue weighted by molar-refractivity contribution is 0.0377. The van der Waals surface area contributed by atoms with Crippen LogP contribution in [-0.4, -0.2) is 89.5 Å². The van der Waals surface area contributed by atoms with E-state index in [9.17, 15) is 24.1 Å². The first-order valence-corrected chi connectivity index (χ1v) is 29.3. The summed E-state index contributed by atoms with van der Waals surface area (Å²) in [6.07, 6.45) is 6.66. The molecule has 0 fully saturated rings. The summed E-state index contributed by atoms with van der Waals surface area (Å²) in [6, 6.07) is 32.9. The lowest BCUT2D eigenvalue weighted by Crippen LogP contribution is -2.31. The van der Waals surface area contributed by atoms with Crippen molar-refractivity contribution in [3.8, 4) is 0 Å². The number of aromatic nitrogens is 4. The lowest BCUT2D eigenvalue weighted by Gasteiger charge is -2.29. The number of hydrogen-bond donors (Lipinski definition) is 3. The van der Waals surface area contributed by atoms with Gasteiger partial charge >= 0.3 is 0 Å². The predicted octanol–water partition coefficient (Wildman–Crippen LogP) is 13.8. The SMILES string of the molecule is CCCc1ccc(C(C)(O)Cn2c3c(c4cc(Cl)ccc42)CN(C)CC3)cn1.CN1CCc2c(c3cc(Cl)ccc3n2CC(C)(O)c2ccc(Cl)cc2)C1.CN1CCc2c(c3cc(Cl)ccc3n2CC(C)(O)c2ccc(F)c(F)c2)C1. The molecule has 426 valence electrons. The zero-order chi connectivity index (χ0) is 57.7. The number of hydrogen-bond acceptors (Lipinski definition) is 7. The zero-order valence-electron chi connectivity index (χ0n) is 47.1. The number of pyridine rings is 1. The van der Waals surface area contributed by atoms with E-state index >= 15 is 0 Å². The molecular weight excluding hydrogens is 1110 g/mol. The highest BCUT2D eigenvalue weighted by atomic mass is 35.5. The average Bonchev–Trinajstić information content (AvgIpc) is 4.17. The fraction of sp³-hybridized carbons (Fsp3) is 0.369. The van der Waals surface area contributed by atoms with E-state index in [0.717, 1.165) is 138 Å². The Bertz CT molecular complexity index is 3760. The molecule has 12 rings (SSSR count). The molecule has 0 bridgehead atoms. The van der Waals surface area contributed by atoms with E-state index in [1.54, 1.807) is 6.92 Å². The van der Waals surface area contributed by atoms with Gasteiger partial charge in [0.15, 0.2) is 11.6 Å². The van der Waals surface area contributed by atoms with Crippen LogP contribution in [0.1, 0.15) is 90.3 Å². The number of nitrogens with zero attached hydrogens (tertiary/aromatic N) is 7. The summed E-state index contributed by atoms with van der Waals surface area (Å²) < 4.78 is 33.6. The van der Waals surface area contributed by atoms with E-state index in [-0.39, 0.29) is 6.54 Å². The Morgan fingerprint density at radius 2 is 0.840 bits per heavy atom. The van der Waals surface area contributed by atoms with Gasteiger partial charge in [-0.3, -0.25) is 4.98 Å². The fourth-order valence-corrected chi connectivity index (χ4v) is 12.8. The van der Waals surface area contributed by atoms with Gasteiger partial charge in [-0.05, 0) is 161 Å². The maximum Gasteiger partial charge on any atom is 0.159 e. The second kappa shape index (κ2) is 23.7. The summed E-state index contributed by atoms with van der Waals surface area (Å²) in [7, 11) is 6.37. The maximum absolute atomic E-state index is 13.7. The molecule has 7 heterocycles. The van der Waals surface area contributed by atoms with Crippen LogP contribution in [0.15, 0.2) is 115 Å². The van der Waals surface area contributed by atoms with Crippen LogP contribution in [0, 0.1) is 11.6 Å². The van der Waals surface area contributed by atoms with Crippen LogP contribution in [0.2, 0.25) is 20.1 Å². The van der Waals surface area contributed by atoms with E-state index in [1.807, 2.05) is 92.8 Å². The molecule has 16 heteroatoms. The molecule has 4 aromatic heterocycles. The maximum atomic E-state index is 13.7. The molecule has 0 amide bonds. The summed E-state index contributed by atoms with van der Waals surface area (Å²) in [5.74, 6) is -1.88. The van der Waals surface area contributed by atoms with Gasteiger partial charge < -0.3 is 43.7 Å². The van der Waals surface area contributed by atoms with Crippen molar-refractivity contribution >= 4 is 79.1 Å². The van der Waals surface area contributed by atoms with Crippen LogP contribution in [0.5, 0.6) is 0 Å². The van der Waals surface area contributed by atoms with Gasteiger partial charge in [0, 0.05) is 146 Å².